The van der Waals surface area contributed by atoms with Crippen LogP contribution in [0.3, 0.4) is 0 Å². The van der Waals surface area contributed by atoms with Crippen LogP contribution in [-0.2, 0) is 24.7 Å². The highest BCUT2D eigenvalue weighted by Gasteiger charge is 2.40. The molecule has 0 unspecified atom stereocenters. The lowest BCUT2D eigenvalue weighted by Gasteiger charge is -2.35. The van der Waals surface area contributed by atoms with Gasteiger partial charge in [-0.3, -0.25) is 9.59 Å². The normalized spacial score (nSPS) is 11.6. The van der Waals surface area contributed by atoms with Gasteiger partial charge in [0.25, 0.3) is 0 Å². The molecule has 32 heavy (non-hydrogen) atoms. The number of benzene rings is 3. The Hall–Kier alpha value is -3.40. The number of carbonyl (C=O) groups is 2. The number of hydrogen-bond donors (Lipinski definition) is 0. The van der Waals surface area contributed by atoms with Gasteiger partial charge in [-0.1, -0.05) is 90.5 Å². The molecule has 4 heteroatoms. The summed E-state index contributed by atoms with van der Waals surface area (Å²) in [6, 6.07) is 27.3. The topological polar surface area (TPSA) is 52.6 Å². The smallest absolute Gasteiger partial charge is 0.307 e. The minimum atomic E-state index is -1.14. The minimum absolute atomic E-state index is 0.0380. The summed E-state index contributed by atoms with van der Waals surface area (Å²) >= 11 is 0. The number of carbonyl (C=O) groups excluding carboxylic acids is 2. The number of rotatable bonds is 7. The van der Waals surface area contributed by atoms with E-state index in [4.69, 9.17) is 9.47 Å². The van der Waals surface area contributed by atoms with E-state index in [9.17, 15) is 9.59 Å². The fraction of sp³-hybridized carbons (Fsp3) is 0.286. The highest BCUT2D eigenvalue weighted by Crippen LogP contribution is 2.41. The number of ether oxygens (including phenoxy) is 2. The molecular formula is C28H30O4. The summed E-state index contributed by atoms with van der Waals surface area (Å²) in [5.41, 5.74) is 1.88. The van der Waals surface area contributed by atoms with Gasteiger partial charge >= 0.3 is 11.9 Å². The van der Waals surface area contributed by atoms with Gasteiger partial charge in [-0.25, -0.2) is 0 Å². The van der Waals surface area contributed by atoms with Crippen LogP contribution in [0.2, 0.25) is 0 Å². The molecule has 0 bridgehead atoms. The first-order valence-electron chi connectivity index (χ1n) is 10.8. The molecule has 0 heterocycles. The predicted octanol–water partition coefficient (Wildman–Crippen LogP) is 5.95. The highest BCUT2D eigenvalue weighted by atomic mass is 16.6. The van der Waals surface area contributed by atoms with Gasteiger partial charge in [0.15, 0.2) is 5.60 Å². The first kappa shape index (κ1) is 23.3. The standard InChI is InChI=1S/C28H30O4/c1-21-15-17-24(18-16-21)28(22-11-7-5-8-12-22,23-13-9-6-10-14-23)32-26(30)20-19-25(29)31-27(2,3)4/h5-18H,19-20H2,1-4H3. The quantitative estimate of drug-likeness (QED) is 0.343. The second-order valence-corrected chi connectivity index (χ2v) is 8.84. The van der Waals surface area contributed by atoms with E-state index in [-0.39, 0.29) is 12.8 Å². The second-order valence-electron chi connectivity index (χ2n) is 8.84. The second kappa shape index (κ2) is 9.82. The summed E-state index contributed by atoms with van der Waals surface area (Å²) in [5, 5.41) is 0. The largest absolute Gasteiger partial charge is 0.460 e. The third-order valence-corrected chi connectivity index (χ3v) is 5.04. The zero-order chi connectivity index (χ0) is 23.2. The number of esters is 2. The Morgan fingerprint density at radius 3 is 1.47 bits per heavy atom. The van der Waals surface area contributed by atoms with Gasteiger partial charge in [0.2, 0.25) is 0 Å². The van der Waals surface area contributed by atoms with Crippen LogP contribution in [0.1, 0.15) is 55.9 Å². The molecule has 0 atom stereocenters. The Morgan fingerprint density at radius 2 is 1.03 bits per heavy atom. The van der Waals surface area contributed by atoms with Crippen LogP contribution in [0, 0.1) is 6.92 Å². The lowest BCUT2D eigenvalue weighted by atomic mass is 9.80. The first-order chi connectivity index (χ1) is 15.2. The molecule has 0 aliphatic rings. The van der Waals surface area contributed by atoms with E-state index in [2.05, 4.69) is 0 Å². The third kappa shape index (κ3) is 5.64. The summed E-state index contributed by atoms with van der Waals surface area (Å²) in [4.78, 5) is 25.2. The average Bonchev–Trinajstić information content (AvgIpc) is 2.77. The fourth-order valence-electron chi connectivity index (χ4n) is 3.63. The van der Waals surface area contributed by atoms with E-state index in [0.29, 0.717) is 0 Å². The van der Waals surface area contributed by atoms with E-state index in [1.807, 2.05) is 91.9 Å². The van der Waals surface area contributed by atoms with Gasteiger partial charge in [0.1, 0.15) is 5.60 Å². The van der Waals surface area contributed by atoms with Gasteiger partial charge in [-0.2, -0.15) is 0 Å². The van der Waals surface area contributed by atoms with Crippen molar-refractivity contribution < 1.29 is 19.1 Å². The van der Waals surface area contributed by atoms with Crippen LogP contribution < -0.4 is 0 Å². The van der Waals surface area contributed by atoms with Crippen LogP contribution in [0.15, 0.2) is 84.9 Å². The van der Waals surface area contributed by atoms with Crippen molar-refractivity contribution in [3.8, 4) is 0 Å². The molecule has 3 aromatic rings. The molecule has 0 saturated carbocycles. The Bertz CT molecular complexity index is 993. The maximum atomic E-state index is 13.1. The maximum Gasteiger partial charge on any atom is 0.307 e. The molecule has 0 amide bonds. The van der Waals surface area contributed by atoms with Crippen molar-refractivity contribution >= 4 is 11.9 Å². The van der Waals surface area contributed by atoms with Crippen molar-refractivity contribution in [3.63, 3.8) is 0 Å². The maximum absolute atomic E-state index is 13.1. The third-order valence-electron chi connectivity index (χ3n) is 5.04. The highest BCUT2D eigenvalue weighted by molar-refractivity contribution is 5.78. The predicted molar refractivity (Wildman–Crippen MR) is 125 cm³/mol. The minimum Gasteiger partial charge on any atom is -0.460 e. The van der Waals surface area contributed by atoms with Crippen molar-refractivity contribution in [2.75, 3.05) is 0 Å². The first-order valence-corrected chi connectivity index (χ1v) is 10.8. The van der Waals surface area contributed by atoms with E-state index >= 15 is 0 Å². The molecule has 0 aliphatic carbocycles. The summed E-state index contributed by atoms with van der Waals surface area (Å²) in [6.07, 6.45) is -0.105. The SMILES string of the molecule is Cc1ccc(C(OC(=O)CCC(=O)OC(C)(C)C)(c2ccccc2)c2ccccc2)cc1. The molecule has 3 aromatic carbocycles. The molecular weight excluding hydrogens is 400 g/mol. The fourth-order valence-corrected chi connectivity index (χ4v) is 3.63. The molecule has 0 N–H and O–H groups in total. The molecule has 0 radical (unpaired) electrons. The average molecular weight is 431 g/mol. The Kier molecular flexibility index (Phi) is 7.14. The van der Waals surface area contributed by atoms with E-state index in [1.54, 1.807) is 20.8 Å². The van der Waals surface area contributed by atoms with Crippen molar-refractivity contribution in [1.82, 2.24) is 0 Å². The molecule has 0 spiro atoms. The zero-order valence-electron chi connectivity index (χ0n) is 19.1. The van der Waals surface area contributed by atoms with Gasteiger partial charge in [0, 0.05) is 16.7 Å². The Morgan fingerprint density at radius 1 is 0.625 bits per heavy atom. The van der Waals surface area contributed by atoms with Crippen LogP contribution in [-0.4, -0.2) is 17.5 Å². The molecule has 166 valence electrons. The number of aryl methyl sites for hydroxylation is 1. The Labute approximate surface area is 190 Å². The van der Waals surface area contributed by atoms with Crippen LogP contribution >= 0.6 is 0 Å². The van der Waals surface area contributed by atoms with Gasteiger partial charge in [0.05, 0.1) is 12.8 Å². The lowest BCUT2D eigenvalue weighted by Crippen LogP contribution is -2.35. The summed E-state index contributed by atoms with van der Waals surface area (Å²) in [6.45, 7) is 7.42. The van der Waals surface area contributed by atoms with Crippen LogP contribution in [0.25, 0.3) is 0 Å². The van der Waals surface area contributed by atoms with E-state index < -0.39 is 23.1 Å². The molecule has 0 aliphatic heterocycles. The molecule has 0 aromatic heterocycles. The molecule has 3 rings (SSSR count). The van der Waals surface area contributed by atoms with Crippen molar-refractivity contribution in [2.45, 2.75) is 51.7 Å². The van der Waals surface area contributed by atoms with Crippen LogP contribution in [0.5, 0.6) is 0 Å². The van der Waals surface area contributed by atoms with Gasteiger partial charge in [-0.15, -0.1) is 0 Å². The zero-order valence-corrected chi connectivity index (χ0v) is 19.1. The van der Waals surface area contributed by atoms with Crippen molar-refractivity contribution in [3.05, 3.63) is 107 Å². The van der Waals surface area contributed by atoms with E-state index in [1.165, 1.54) is 0 Å². The van der Waals surface area contributed by atoms with Crippen LogP contribution in [0.4, 0.5) is 0 Å². The van der Waals surface area contributed by atoms with Crippen molar-refractivity contribution in [2.24, 2.45) is 0 Å². The monoisotopic (exact) mass is 430 g/mol. The molecule has 0 saturated heterocycles. The molecule has 4 nitrogen and oxygen atoms in total. The van der Waals surface area contributed by atoms with E-state index in [0.717, 1.165) is 22.3 Å². The lowest BCUT2D eigenvalue weighted by molar-refractivity contribution is -0.161. The van der Waals surface area contributed by atoms with Gasteiger partial charge in [-0.05, 0) is 27.7 Å². The summed E-state index contributed by atoms with van der Waals surface area (Å²) in [5.74, 6) is -0.890. The number of hydrogen-bond acceptors (Lipinski definition) is 4. The Balaban J connectivity index is 2.01. The molecule has 0 fully saturated rings. The summed E-state index contributed by atoms with van der Waals surface area (Å²) in [7, 11) is 0. The van der Waals surface area contributed by atoms with Crippen molar-refractivity contribution in [1.29, 1.82) is 0 Å². The van der Waals surface area contributed by atoms with Gasteiger partial charge < -0.3 is 9.47 Å². The summed E-state index contributed by atoms with van der Waals surface area (Å²) < 4.78 is 11.6.